The lowest BCUT2D eigenvalue weighted by atomic mass is 9.96. The Kier molecular flexibility index (Phi) is 4.52. The van der Waals surface area contributed by atoms with E-state index in [1.165, 1.54) is 0 Å². The van der Waals surface area contributed by atoms with Gasteiger partial charge in [0.1, 0.15) is 5.75 Å². The summed E-state index contributed by atoms with van der Waals surface area (Å²) in [7, 11) is 1.64. The molecule has 0 saturated heterocycles. The molecule has 0 radical (unpaired) electrons. The number of aromatic nitrogens is 2. The Morgan fingerprint density at radius 3 is 2.48 bits per heavy atom. The summed E-state index contributed by atoms with van der Waals surface area (Å²) in [5.41, 5.74) is 2.46. The molecule has 0 aliphatic carbocycles. The van der Waals surface area contributed by atoms with Gasteiger partial charge in [0.25, 0.3) is 5.91 Å². The molecule has 0 saturated carbocycles. The molecule has 0 fully saturated rings. The van der Waals surface area contributed by atoms with Crippen LogP contribution in [-0.2, 0) is 0 Å². The Hall–Kier alpha value is -2.43. The van der Waals surface area contributed by atoms with E-state index in [2.05, 4.69) is 29.1 Å². The molecule has 2 aromatic rings. The molecule has 0 atom stereocenters. The number of nitrogens with zero attached hydrogens (tertiary/aromatic N) is 2. The lowest BCUT2D eigenvalue weighted by Crippen LogP contribution is -2.16. The third-order valence-electron chi connectivity index (χ3n) is 3.23. The van der Waals surface area contributed by atoms with Gasteiger partial charge < -0.3 is 4.74 Å². The number of benzene rings is 1. The molecule has 110 valence electrons. The zero-order chi connectivity index (χ0) is 15.4. The van der Waals surface area contributed by atoms with Crippen LogP contribution in [0.3, 0.4) is 0 Å². The summed E-state index contributed by atoms with van der Waals surface area (Å²) in [5, 5.41) is 2.70. The van der Waals surface area contributed by atoms with Crippen molar-refractivity contribution < 1.29 is 9.53 Å². The van der Waals surface area contributed by atoms with Crippen LogP contribution in [0.5, 0.6) is 5.75 Å². The first-order valence-electron chi connectivity index (χ1n) is 6.79. The van der Waals surface area contributed by atoms with E-state index in [4.69, 9.17) is 4.74 Å². The van der Waals surface area contributed by atoms with Gasteiger partial charge in [-0.1, -0.05) is 13.8 Å². The average molecular weight is 285 g/mol. The number of aryl methyl sites for hydroxylation is 1. The minimum atomic E-state index is -0.219. The molecular weight excluding hydrogens is 266 g/mol. The van der Waals surface area contributed by atoms with E-state index in [1.54, 1.807) is 25.6 Å². The zero-order valence-corrected chi connectivity index (χ0v) is 12.7. The Labute approximate surface area is 124 Å². The van der Waals surface area contributed by atoms with Gasteiger partial charge in [0, 0.05) is 18.0 Å². The Bertz CT molecular complexity index is 639. The summed E-state index contributed by atoms with van der Waals surface area (Å²) < 4.78 is 5.38. The standard InChI is InChI=1S/C16H19N3O2/c1-10(2)12-9-13(11(3)8-14(12)21-4)15(20)19-16-17-6-5-7-18-16/h5-10H,1-4H3,(H,17,18,19,20). The van der Waals surface area contributed by atoms with E-state index in [9.17, 15) is 4.79 Å². The predicted molar refractivity (Wildman–Crippen MR) is 81.8 cm³/mol. The molecule has 1 aromatic carbocycles. The maximum absolute atomic E-state index is 12.4. The topological polar surface area (TPSA) is 64.1 Å². The molecule has 0 spiro atoms. The lowest BCUT2D eigenvalue weighted by molar-refractivity contribution is 0.102. The molecule has 2 rings (SSSR count). The summed E-state index contributed by atoms with van der Waals surface area (Å²) in [6, 6.07) is 5.46. The molecule has 5 heteroatoms. The first kappa shape index (κ1) is 15.0. The van der Waals surface area contributed by atoms with Crippen LogP contribution < -0.4 is 10.1 Å². The third-order valence-corrected chi connectivity index (χ3v) is 3.23. The summed E-state index contributed by atoms with van der Waals surface area (Å²) in [6.45, 7) is 6.01. The minimum Gasteiger partial charge on any atom is -0.496 e. The van der Waals surface area contributed by atoms with Crippen LogP contribution in [0.15, 0.2) is 30.6 Å². The van der Waals surface area contributed by atoms with Crippen LogP contribution in [0.25, 0.3) is 0 Å². The Morgan fingerprint density at radius 1 is 1.24 bits per heavy atom. The molecule has 5 nitrogen and oxygen atoms in total. The summed E-state index contributed by atoms with van der Waals surface area (Å²) in [4.78, 5) is 20.4. The molecule has 0 unspecified atom stereocenters. The Balaban J connectivity index is 2.35. The van der Waals surface area contributed by atoms with Crippen molar-refractivity contribution in [1.82, 2.24) is 9.97 Å². The van der Waals surface area contributed by atoms with Crippen LogP contribution in [0, 0.1) is 6.92 Å². The largest absolute Gasteiger partial charge is 0.496 e. The highest BCUT2D eigenvalue weighted by atomic mass is 16.5. The van der Waals surface area contributed by atoms with Gasteiger partial charge in [-0.05, 0) is 42.2 Å². The lowest BCUT2D eigenvalue weighted by Gasteiger charge is -2.15. The fourth-order valence-electron chi connectivity index (χ4n) is 2.10. The molecule has 1 aromatic heterocycles. The van der Waals surface area contributed by atoms with E-state index in [1.807, 2.05) is 19.1 Å². The van der Waals surface area contributed by atoms with Crippen molar-refractivity contribution in [3.05, 3.63) is 47.3 Å². The number of carbonyl (C=O) groups excluding carboxylic acids is 1. The smallest absolute Gasteiger partial charge is 0.258 e. The number of carbonyl (C=O) groups is 1. The molecule has 1 heterocycles. The highest BCUT2D eigenvalue weighted by Crippen LogP contribution is 2.29. The van der Waals surface area contributed by atoms with Crippen molar-refractivity contribution in [1.29, 1.82) is 0 Å². The van der Waals surface area contributed by atoms with Gasteiger partial charge in [-0.3, -0.25) is 10.1 Å². The van der Waals surface area contributed by atoms with Crippen molar-refractivity contribution in [2.75, 3.05) is 12.4 Å². The van der Waals surface area contributed by atoms with E-state index in [0.29, 0.717) is 11.5 Å². The zero-order valence-electron chi connectivity index (χ0n) is 12.7. The van der Waals surface area contributed by atoms with E-state index in [0.717, 1.165) is 16.9 Å². The van der Waals surface area contributed by atoms with Gasteiger partial charge >= 0.3 is 0 Å². The van der Waals surface area contributed by atoms with Crippen LogP contribution in [0.4, 0.5) is 5.95 Å². The second-order valence-corrected chi connectivity index (χ2v) is 5.09. The summed E-state index contributed by atoms with van der Waals surface area (Å²) in [5.74, 6) is 1.14. The van der Waals surface area contributed by atoms with Crippen LogP contribution in [0.1, 0.15) is 41.3 Å². The normalized spacial score (nSPS) is 10.5. The number of hydrogen-bond acceptors (Lipinski definition) is 4. The highest BCUT2D eigenvalue weighted by molar-refractivity contribution is 6.04. The van der Waals surface area contributed by atoms with Gasteiger partial charge in [0.05, 0.1) is 7.11 Å². The molecule has 21 heavy (non-hydrogen) atoms. The van der Waals surface area contributed by atoms with E-state index in [-0.39, 0.29) is 11.8 Å². The van der Waals surface area contributed by atoms with Crippen molar-refractivity contribution in [3.63, 3.8) is 0 Å². The maximum atomic E-state index is 12.4. The predicted octanol–water partition coefficient (Wildman–Crippen LogP) is 3.17. The van der Waals surface area contributed by atoms with Gasteiger partial charge in [0.15, 0.2) is 0 Å². The number of hydrogen-bond donors (Lipinski definition) is 1. The fraction of sp³-hybridized carbons (Fsp3) is 0.312. The van der Waals surface area contributed by atoms with Gasteiger partial charge in [0.2, 0.25) is 5.95 Å². The number of amides is 1. The van der Waals surface area contributed by atoms with Crippen molar-refractivity contribution in [2.24, 2.45) is 0 Å². The van der Waals surface area contributed by atoms with Crippen molar-refractivity contribution in [3.8, 4) is 5.75 Å². The number of ether oxygens (including phenoxy) is 1. The van der Waals surface area contributed by atoms with Crippen LogP contribution in [0.2, 0.25) is 0 Å². The quantitative estimate of drug-likeness (QED) is 0.937. The van der Waals surface area contributed by atoms with E-state index < -0.39 is 0 Å². The van der Waals surface area contributed by atoms with Crippen molar-refractivity contribution in [2.45, 2.75) is 26.7 Å². The number of anilines is 1. The van der Waals surface area contributed by atoms with Crippen LogP contribution in [-0.4, -0.2) is 23.0 Å². The Morgan fingerprint density at radius 2 is 1.90 bits per heavy atom. The second-order valence-electron chi connectivity index (χ2n) is 5.09. The van der Waals surface area contributed by atoms with Gasteiger partial charge in [-0.2, -0.15) is 0 Å². The molecule has 0 aliphatic heterocycles. The molecular formula is C16H19N3O2. The molecule has 1 N–H and O–H groups in total. The SMILES string of the molecule is COc1cc(C)c(C(=O)Nc2ncccn2)cc1C(C)C. The monoisotopic (exact) mass is 285 g/mol. The number of nitrogens with one attached hydrogen (secondary N) is 1. The third kappa shape index (κ3) is 3.37. The van der Waals surface area contributed by atoms with Crippen molar-refractivity contribution >= 4 is 11.9 Å². The highest BCUT2D eigenvalue weighted by Gasteiger charge is 2.16. The fourth-order valence-corrected chi connectivity index (χ4v) is 2.10. The van der Waals surface area contributed by atoms with Gasteiger partial charge in [-0.15, -0.1) is 0 Å². The molecule has 0 bridgehead atoms. The molecule has 1 amide bonds. The van der Waals surface area contributed by atoms with E-state index >= 15 is 0 Å². The summed E-state index contributed by atoms with van der Waals surface area (Å²) in [6.07, 6.45) is 3.17. The number of rotatable bonds is 4. The number of methoxy groups -OCH3 is 1. The second kappa shape index (κ2) is 6.35. The molecule has 0 aliphatic rings. The minimum absolute atomic E-state index is 0.219. The average Bonchev–Trinajstić information content (AvgIpc) is 2.47. The maximum Gasteiger partial charge on any atom is 0.258 e. The van der Waals surface area contributed by atoms with Crippen LogP contribution >= 0.6 is 0 Å². The summed E-state index contributed by atoms with van der Waals surface area (Å²) >= 11 is 0. The van der Waals surface area contributed by atoms with Gasteiger partial charge in [-0.25, -0.2) is 9.97 Å². The first-order valence-corrected chi connectivity index (χ1v) is 6.79. The first-order chi connectivity index (χ1) is 10.0.